The highest BCUT2D eigenvalue weighted by atomic mass is 16.2. The number of amides is 3. The van der Waals surface area contributed by atoms with Gasteiger partial charge in [-0.1, -0.05) is 6.92 Å². The van der Waals surface area contributed by atoms with Gasteiger partial charge in [-0.15, -0.1) is 0 Å². The van der Waals surface area contributed by atoms with E-state index in [9.17, 15) is 14.4 Å². The van der Waals surface area contributed by atoms with Crippen molar-refractivity contribution in [1.82, 2.24) is 4.90 Å². The molecule has 0 unspecified atom stereocenters. The van der Waals surface area contributed by atoms with Crippen LogP contribution in [0.3, 0.4) is 0 Å². The lowest BCUT2D eigenvalue weighted by Crippen LogP contribution is -2.27. The lowest BCUT2D eigenvalue weighted by atomic mass is 10.3. The summed E-state index contributed by atoms with van der Waals surface area (Å²) >= 11 is 0. The summed E-state index contributed by atoms with van der Waals surface area (Å²) < 4.78 is 0. The molecule has 0 aromatic heterocycles. The second-order valence-corrected chi connectivity index (χ2v) is 1.76. The molecule has 0 bridgehead atoms. The first-order chi connectivity index (χ1) is 4.76. The van der Waals surface area contributed by atoms with E-state index in [1.807, 2.05) is 0 Å². The van der Waals surface area contributed by atoms with Gasteiger partial charge in [-0.25, -0.2) is 4.90 Å². The summed E-state index contributed by atoms with van der Waals surface area (Å²) in [5.41, 5.74) is 0. The first-order valence-corrected chi connectivity index (χ1v) is 2.98. The van der Waals surface area contributed by atoms with E-state index in [0.717, 1.165) is 0 Å². The van der Waals surface area contributed by atoms with E-state index in [1.165, 1.54) is 0 Å². The highest BCUT2D eigenvalue weighted by Gasteiger charge is 2.08. The quantitative estimate of drug-likeness (QED) is 0.517. The number of hydrogen-bond donors (Lipinski definition) is 0. The Kier molecular flexibility index (Phi) is 4.11. The van der Waals surface area contributed by atoms with Gasteiger partial charge in [0.05, 0.1) is 0 Å². The zero-order valence-electron chi connectivity index (χ0n) is 5.74. The fraction of sp³-hybridized carbons (Fsp3) is 0.500. The first-order valence-electron chi connectivity index (χ1n) is 2.98. The maximum atomic E-state index is 10.7. The number of imide groups is 3. The lowest BCUT2D eigenvalue weighted by molar-refractivity contribution is -0.143. The molecule has 56 valence electrons. The number of carbonyl (C=O) groups is 3. The van der Waals surface area contributed by atoms with Crippen LogP contribution >= 0.6 is 0 Å². The van der Waals surface area contributed by atoms with E-state index in [1.54, 1.807) is 6.92 Å². The van der Waals surface area contributed by atoms with Crippen LogP contribution in [-0.4, -0.2) is 23.6 Å². The fourth-order valence-corrected chi connectivity index (χ4v) is 0.485. The number of hydrogen-bond acceptors (Lipinski definition) is 3. The predicted octanol–water partition coefficient (Wildman–Crippen LogP) is -0.0721. The average molecular weight is 143 g/mol. The van der Waals surface area contributed by atoms with Gasteiger partial charge in [-0.05, 0) is 6.42 Å². The highest BCUT2D eigenvalue weighted by molar-refractivity contribution is 5.96. The Hall–Kier alpha value is -1.19. The molecule has 0 aliphatic heterocycles. The van der Waals surface area contributed by atoms with Crippen LogP contribution < -0.4 is 0 Å². The third-order valence-electron chi connectivity index (χ3n) is 0.979. The van der Waals surface area contributed by atoms with Gasteiger partial charge in [0.15, 0.2) is 0 Å². The first kappa shape index (κ1) is 8.81. The van der Waals surface area contributed by atoms with Crippen LogP contribution in [0, 0.1) is 0 Å². The molecule has 0 aliphatic rings. The minimum Gasteiger partial charge on any atom is -0.278 e. The van der Waals surface area contributed by atoms with Crippen molar-refractivity contribution >= 4 is 18.7 Å². The summed E-state index contributed by atoms with van der Waals surface area (Å²) in [6.07, 6.45) is 1.30. The van der Waals surface area contributed by atoms with Gasteiger partial charge in [-0.3, -0.25) is 14.4 Å². The molecular formula is C6H9NO3. The summed E-state index contributed by atoms with van der Waals surface area (Å²) in [4.78, 5) is 31.0. The highest BCUT2D eigenvalue weighted by Crippen LogP contribution is 1.91. The van der Waals surface area contributed by atoms with Gasteiger partial charge >= 0.3 is 0 Å². The average Bonchev–Trinajstić information content (AvgIpc) is 1.91. The van der Waals surface area contributed by atoms with E-state index in [0.29, 0.717) is 11.3 Å². The van der Waals surface area contributed by atoms with Gasteiger partial charge in [0.25, 0.3) is 0 Å². The van der Waals surface area contributed by atoms with E-state index >= 15 is 0 Å². The Morgan fingerprint density at radius 1 is 1.40 bits per heavy atom. The van der Waals surface area contributed by atoms with Gasteiger partial charge in [0.1, 0.15) is 0 Å². The van der Waals surface area contributed by atoms with Crippen molar-refractivity contribution < 1.29 is 14.4 Å². The Bertz CT molecular complexity index is 136. The van der Waals surface area contributed by atoms with Gasteiger partial charge < -0.3 is 0 Å². The summed E-state index contributed by atoms with van der Waals surface area (Å²) in [6.45, 7) is 1.80. The Labute approximate surface area is 58.8 Å². The zero-order valence-corrected chi connectivity index (χ0v) is 5.74. The molecule has 3 amide bonds. The molecule has 4 nitrogen and oxygen atoms in total. The summed E-state index contributed by atoms with van der Waals surface area (Å²) in [5.74, 6) is -0.451. The molecule has 0 aromatic rings. The van der Waals surface area contributed by atoms with Crippen LogP contribution in [0.15, 0.2) is 0 Å². The topological polar surface area (TPSA) is 54.5 Å². The predicted molar refractivity (Wildman–Crippen MR) is 33.9 cm³/mol. The second-order valence-electron chi connectivity index (χ2n) is 1.76. The van der Waals surface area contributed by atoms with Gasteiger partial charge in [0, 0.05) is 6.42 Å². The van der Waals surface area contributed by atoms with E-state index in [-0.39, 0.29) is 19.2 Å². The van der Waals surface area contributed by atoms with Crippen LogP contribution in [0.5, 0.6) is 0 Å². The van der Waals surface area contributed by atoms with Crippen LogP contribution in [-0.2, 0) is 14.4 Å². The molecule has 0 atom stereocenters. The summed E-state index contributed by atoms with van der Waals surface area (Å²) in [7, 11) is 0. The molecule has 4 heteroatoms. The minimum absolute atomic E-state index is 0.213. The standard InChI is InChI=1S/C6H9NO3/c1-2-3-6(10)7(4-8)5-9/h4-5H,2-3H2,1H3. The molecule has 0 N–H and O–H groups in total. The smallest absolute Gasteiger partial charge is 0.235 e. The molecule has 10 heavy (non-hydrogen) atoms. The largest absolute Gasteiger partial charge is 0.278 e. The summed E-state index contributed by atoms with van der Waals surface area (Å²) in [6, 6.07) is 0. The molecule has 0 fully saturated rings. The molecule has 0 saturated carbocycles. The Morgan fingerprint density at radius 2 is 1.90 bits per heavy atom. The Balaban J connectivity index is 3.88. The molecule has 0 saturated heterocycles. The van der Waals surface area contributed by atoms with Crippen molar-refractivity contribution in [3.8, 4) is 0 Å². The molecule has 0 rings (SSSR count). The Morgan fingerprint density at radius 3 is 2.20 bits per heavy atom. The molecule has 0 spiro atoms. The minimum atomic E-state index is -0.451. The molecule has 0 radical (unpaired) electrons. The molecule has 0 aliphatic carbocycles. The molecule has 0 aromatic carbocycles. The van der Waals surface area contributed by atoms with Crippen molar-refractivity contribution in [3.05, 3.63) is 0 Å². The van der Waals surface area contributed by atoms with Gasteiger partial charge in [0.2, 0.25) is 18.7 Å². The van der Waals surface area contributed by atoms with Crippen LogP contribution in [0.25, 0.3) is 0 Å². The van der Waals surface area contributed by atoms with Crippen molar-refractivity contribution in [2.75, 3.05) is 0 Å². The van der Waals surface area contributed by atoms with Crippen molar-refractivity contribution in [2.24, 2.45) is 0 Å². The zero-order chi connectivity index (χ0) is 7.98. The maximum absolute atomic E-state index is 10.7. The van der Waals surface area contributed by atoms with Crippen molar-refractivity contribution in [3.63, 3.8) is 0 Å². The lowest BCUT2D eigenvalue weighted by Gasteiger charge is -2.03. The van der Waals surface area contributed by atoms with Crippen molar-refractivity contribution in [2.45, 2.75) is 19.8 Å². The molecular weight excluding hydrogens is 134 g/mol. The van der Waals surface area contributed by atoms with Gasteiger partial charge in [-0.2, -0.15) is 0 Å². The van der Waals surface area contributed by atoms with Crippen LogP contribution in [0.1, 0.15) is 19.8 Å². The van der Waals surface area contributed by atoms with E-state index < -0.39 is 5.91 Å². The number of rotatable bonds is 4. The summed E-state index contributed by atoms with van der Waals surface area (Å²) in [5, 5.41) is 0. The van der Waals surface area contributed by atoms with Crippen molar-refractivity contribution in [1.29, 1.82) is 0 Å². The molecule has 0 heterocycles. The van der Waals surface area contributed by atoms with Crippen LogP contribution in [0.4, 0.5) is 0 Å². The second kappa shape index (κ2) is 4.67. The number of carbonyl (C=O) groups excluding carboxylic acids is 3. The third-order valence-corrected chi connectivity index (χ3v) is 0.979. The SMILES string of the molecule is CCCC(=O)N(C=O)C=O. The normalized spacial score (nSPS) is 8.50. The fourth-order valence-electron chi connectivity index (χ4n) is 0.485. The monoisotopic (exact) mass is 143 g/mol. The van der Waals surface area contributed by atoms with Crippen LogP contribution in [0.2, 0.25) is 0 Å². The van der Waals surface area contributed by atoms with E-state index in [4.69, 9.17) is 0 Å². The number of nitrogens with zero attached hydrogens (tertiary/aromatic N) is 1. The maximum Gasteiger partial charge on any atom is 0.235 e. The van der Waals surface area contributed by atoms with E-state index in [2.05, 4.69) is 0 Å². The third kappa shape index (κ3) is 2.39.